The van der Waals surface area contributed by atoms with Gasteiger partial charge < -0.3 is 9.88 Å². The maximum absolute atomic E-state index is 13.5. The first-order valence-corrected chi connectivity index (χ1v) is 10.5. The van der Waals surface area contributed by atoms with Crippen molar-refractivity contribution >= 4 is 34.1 Å². The summed E-state index contributed by atoms with van der Waals surface area (Å²) in [6.45, 7) is 6.14. The molecule has 1 aromatic heterocycles. The number of carbonyl (C=O) groups is 1. The molecule has 0 radical (unpaired) electrons. The van der Waals surface area contributed by atoms with Crippen LogP contribution in [0.2, 0.25) is 5.02 Å². The molecular formula is C26H23ClN2O2. The number of hydrogen-bond donors (Lipinski definition) is 1. The fraction of sp³-hybridized carbons (Fsp3) is 0.154. The highest BCUT2D eigenvalue weighted by atomic mass is 35.5. The van der Waals surface area contributed by atoms with E-state index < -0.39 is 0 Å². The molecule has 156 valence electrons. The number of hydrogen-bond acceptors (Lipinski definition) is 2. The Balaban J connectivity index is 1.82. The van der Waals surface area contributed by atoms with Crippen LogP contribution in [0.5, 0.6) is 0 Å². The summed E-state index contributed by atoms with van der Waals surface area (Å²) in [6, 6.07) is 20.6. The number of amides is 1. The van der Waals surface area contributed by atoms with E-state index in [0.717, 1.165) is 33.3 Å². The Labute approximate surface area is 186 Å². The van der Waals surface area contributed by atoms with Crippen molar-refractivity contribution in [1.29, 1.82) is 0 Å². The molecule has 1 amide bonds. The third-order valence-electron chi connectivity index (χ3n) is 5.56. The van der Waals surface area contributed by atoms with E-state index >= 15 is 0 Å². The molecular weight excluding hydrogens is 408 g/mol. The summed E-state index contributed by atoms with van der Waals surface area (Å²) in [6.07, 6.45) is 0. The molecule has 0 aliphatic heterocycles. The number of aromatic nitrogens is 1. The number of aryl methyl sites for hydroxylation is 3. The minimum absolute atomic E-state index is 0.131. The number of nitrogens with one attached hydrogen (secondary N) is 1. The van der Waals surface area contributed by atoms with Gasteiger partial charge in [-0.2, -0.15) is 0 Å². The third kappa shape index (κ3) is 4.25. The Morgan fingerprint density at radius 3 is 2.45 bits per heavy atom. The third-order valence-corrected chi connectivity index (χ3v) is 5.89. The molecule has 0 aliphatic carbocycles. The maximum Gasteiger partial charge on any atom is 0.260 e. The van der Waals surface area contributed by atoms with Gasteiger partial charge >= 0.3 is 0 Å². The monoisotopic (exact) mass is 430 g/mol. The summed E-state index contributed by atoms with van der Waals surface area (Å²) >= 11 is 6.32. The molecule has 0 fully saturated rings. The Hall–Kier alpha value is -3.37. The number of anilines is 1. The zero-order valence-corrected chi connectivity index (χ0v) is 18.5. The number of fused-ring (bicyclic) bond motifs is 1. The second-order valence-corrected chi connectivity index (χ2v) is 8.26. The topological polar surface area (TPSA) is 53.2 Å². The predicted octanol–water partition coefficient (Wildman–Crippen LogP) is 5.95. The Morgan fingerprint density at radius 2 is 1.71 bits per heavy atom. The van der Waals surface area contributed by atoms with Crippen LogP contribution < -0.4 is 10.5 Å². The average molecular weight is 431 g/mol. The molecule has 5 heteroatoms. The van der Waals surface area contributed by atoms with Gasteiger partial charge in [-0.1, -0.05) is 41.9 Å². The molecule has 4 nitrogen and oxygen atoms in total. The molecule has 0 saturated carbocycles. The molecule has 0 saturated heterocycles. The van der Waals surface area contributed by atoms with Crippen molar-refractivity contribution < 1.29 is 4.79 Å². The fourth-order valence-corrected chi connectivity index (χ4v) is 3.82. The van der Waals surface area contributed by atoms with Gasteiger partial charge in [0.15, 0.2) is 0 Å². The Morgan fingerprint density at radius 1 is 0.935 bits per heavy atom. The predicted molar refractivity (Wildman–Crippen MR) is 127 cm³/mol. The number of H-pyrrole nitrogens is 1. The van der Waals surface area contributed by atoms with Crippen molar-refractivity contribution in [2.45, 2.75) is 27.3 Å². The normalized spacial score (nSPS) is 11.0. The highest BCUT2D eigenvalue weighted by molar-refractivity contribution is 6.34. The van der Waals surface area contributed by atoms with E-state index in [1.807, 2.05) is 63.2 Å². The largest absolute Gasteiger partial charge is 0.322 e. The van der Waals surface area contributed by atoms with Crippen molar-refractivity contribution in [3.05, 3.63) is 110 Å². The Bertz CT molecular complexity index is 1360. The number of rotatable bonds is 4. The van der Waals surface area contributed by atoms with Crippen LogP contribution in [0.4, 0.5) is 5.69 Å². The summed E-state index contributed by atoms with van der Waals surface area (Å²) < 4.78 is 0. The first-order valence-electron chi connectivity index (χ1n) is 10.1. The van der Waals surface area contributed by atoms with E-state index in [9.17, 15) is 9.59 Å². The number of aromatic amines is 1. The minimum atomic E-state index is -0.253. The van der Waals surface area contributed by atoms with E-state index in [-0.39, 0.29) is 18.0 Å². The van der Waals surface area contributed by atoms with Crippen LogP contribution in [-0.4, -0.2) is 10.9 Å². The molecule has 4 rings (SSSR count). The van der Waals surface area contributed by atoms with Gasteiger partial charge in [0.2, 0.25) is 0 Å². The SMILES string of the molecule is Cc1ccc2cc(CN(C(=O)c3ccccc3Cl)c3ccc(C)c(C)c3)c(=O)[nH]c2c1. The maximum atomic E-state index is 13.5. The lowest BCUT2D eigenvalue weighted by Crippen LogP contribution is -2.33. The van der Waals surface area contributed by atoms with Crippen LogP contribution in [0.1, 0.15) is 32.6 Å². The molecule has 0 spiro atoms. The van der Waals surface area contributed by atoms with Crippen LogP contribution in [0.3, 0.4) is 0 Å². The summed E-state index contributed by atoms with van der Waals surface area (Å²) in [5.74, 6) is -0.253. The lowest BCUT2D eigenvalue weighted by molar-refractivity contribution is 0.0985. The van der Waals surface area contributed by atoms with Gasteiger partial charge in [0.1, 0.15) is 0 Å². The molecule has 0 aliphatic rings. The zero-order valence-electron chi connectivity index (χ0n) is 17.7. The van der Waals surface area contributed by atoms with Crippen LogP contribution >= 0.6 is 11.6 Å². The first-order chi connectivity index (χ1) is 14.8. The Kier molecular flexibility index (Phi) is 5.66. The number of carbonyl (C=O) groups excluding carboxylic acids is 1. The minimum Gasteiger partial charge on any atom is -0.322 e. The molecule has 4 aromatic rings. The van der Waals surface area contributed by atoms with Gasteiger partial charge in [-0.3, -0.25) is 9.59 Å². The average Bonchev–Trinajstić information content (AvgIpc) is 2.74. The van der Waals surface area contributed by atoms with Crippen LogP contribution in [0, 0.1) is 20.8 Å². The summed E-state index contributed by atoms with van der Waals surface area (Å²) in [7, 11) is 0. The quantitative estimate of drug-likeness (QED) is 0.434. The summed E-state index contributed by atoms with van der Waals surface area (Å²) in [4.78, 5) is 30.9. The lowest BCUT2D eigenvalue weighted by atomic mass is 10.1. The summed E-state index contributed by atoms with van der Waals surface area (Å²) in [5.41, 5.74) is 5.47. The van der Waals surface area contributed by atoms with Crippen molar-refractivity contribution in [2.24, 2.45) is 0 Å². The van der Waals surface area contributed by atoms with E-state index in [2.05, 4.69) is 4.98 Å². The van der Waals surface area contributed by atoms with Gasteiger partial charge in [0.05, 0.1) is 17.1 Å². The van der Waals surface area contributed by atoms with Gasteiger partial charge in [0.25, 0.3) is 11.5 Å². The van der Waals surface area contributed by atoms with Crippen molar-refractivity contribution in [1.82, 2.24) is 4.98 Å². The standard InChI is InChI=1S/C26H23ClN2O2/c1-16-8-10-19-14-20(25(30)28-24(19)12-16)15-29(21-11-9-17(2)18(3)13-21)26(31)22-6-4-5-7-23(22)27/h4-14H,15H2,1-3H3,(H,28,30). The van der Waals surface area contributed by atoms with Gasteiger partial charge in [-0.05, 0) is 79.2 Å². The highest BCUT2D eigenvalue weighted by Gasteiger charge is 2.22. The number of halogens is 1. The van der Waals surface area contributed by atoms with Crippen molar-refractivity contribution in [3.63, 3.8) is 0 Å². The molecule has 0 atom stereocenters. The van der Waals surface area contributed by atoms with E-state index in [1.54, 1.807) is 29.2 Å². The fourth-order valence-electron chi connectivity index (χ4n) is 3.60. The van der Waals surface area contributed by atoms with Crippen molar-refractivity contribution in [3.8, 4) is 0 Å². The molecule has 31 heavy (non-hydrogen) atoms. The van der Waals surface area contributed by atoms with E-state index in [1.165, 1.54) is 0 Å². The second kappa shape index (κ2) is 8.40. The molecule has 3 aromatic carbocycles. The molecule has 0 bridgehead atoms. The molecule has 1 N–H and O–H groups in total. The molecule has 0 unspecified atom stereocenters. The lowest BCUT2D eigenvalue weighted by Gasteiger charge is -2.24. The van der Waals surface area contributed by atoms with E-state index in [0.29, 0.717) is 16.1 Å². The zero-order chi connectivity index (χ0) is 22.1. The van der Waals surface area contributed by atoms with Gasteiger partial charge in [-0.15, -0.1) is 0 Å². The van der Waals surface area contributed by atoms with Gasteiger partial charge in [0, 0.05) is 16.8 Å². The number of pyridine rings is 1. The van der Waals surface area contributed by atoms with Gasteiger partial charge in [-0.25, -0.2) is 0 Å². The summed E-state index contributed by atoms with van der Waals surface area (Å²) in [5, 5.41) is 1.30. The second-order valence-electron chi connectivity index (χ2n) is 7.85. The first kappa shape index (κ1) is 20.9. The molecule has 1 heterocycles. The van der Waals surface area contributed by atoms with Crippen molar-refractivity contribution in [2.75, 3.05) is 4.90 Å². The van der Waals surface area contributed by atoms with E-state index in [4.69, 9.17) is 11.6 Å². The van der Waals surface area contributed by atoms with Crippen LogP contribution in [0.15, 0.2) is 71.5 Å². The smallest absolute Gasteiger partial charge is 0.260 e. The number of benzene rings is 3. The van der Waals surface area contributed by atoms with Crippen LogP contribution in [0.25, 0.3) is 10.9 Å². The number of nitrogens with zero attached hydrogens (tertiary/aromatic N) is 1. The highest BCUT2D eigenvalue weighted by Crippen LogP contribution is 2.26. The van der Waals surface area contributed by atoms with Crippen LogP contribution in [-0.2, 0) is 6.54 Å².